The van der Waals surface area contributed by atoms with Crippen molar-refractivity contribution < 1.29 is 14.3 Å². The number of benzene rings is 2. The van der Waals surface area contributed by atoms with Crippen LogP contribution in [0.4, 0.5) is 0 Å². The molecule has 5 rings (SSSR count). The number of carbonyl (C=O) groups excluding carboxylic acids is 2. The summed E-state index contributed by atoms with van der Waals surface area (Å²) >= 11 is 3.22. The highest BCUT2D eigenvalue weighted by Gasteiger charge is 2.39. The van der Waals surface area contributed by atoms with Gasteiger partial charge in [0.05, 0.1) is 6.20 Å². The van der Waals surface area contributed by atoms with Gasteiger partial charge in [0.25, 0.3) is 0 Å². The molecule has 0 spiro atoms. The number of allylic oxidation sites excluding steroid dienone is 1. The summed E-state index contributed by atoms with van der Waals surface area (Å²) < 4.78 is 7.81. The molecule has 1 aliphatic carbocycles. The van der Waals surface area contributed by atoms with Crippen molar-refractivity contribution in [1.29, 1.82) is 0 Å². The molecule has 2 aliphatic rings. The fourth-order valence-electron chi connectivity index (χ4n) is 3.62. The highest BCUT2D eigenvalue weighted by atomic mass is 79.9. The molecule has 0 bridgehead atoms. The molecule has 138 valence electrons. The molecule has 2 aromatic carbocycles. The molecule has 0 amide bonds. The number of carbonyl (C=O) groups is 2. The molecule has 7 heteroatoms. The van der Waals surface area contributed by atoms with E-state index in [-0.39, 0.29) is 10.5 Å². The second kappa shape index (κ2) is 6.24. The van der Waals surface area contributed by atoms with E-state index in [1.54, 1.807) is 16.8 Å². The van der Waals surface area contributed by atoms with Gasteiger partial charge in [0.15, 0.2) is 0 Å². The smallest absolute Gasteiger partial charge is 0.244 e. The molecule has 1 aromatic heterocycles. The Bertz CT molecular complexity index is 1180. The normalized spacial score (nSPS) is 18.1. The number of nitrogens with zero attached hydrogens (tertiary/aromatic N) is 3. The third-order valence-electron chi connectivity index (χ3n) is 5.09. The van der Waals surface area contributed by atoms with Crippen LogP contribution in [0.25, 0.3) is 17.0 Å². The van der Waals surface area contributed by atoms with Gasteiger partial charge in [-0.2, -0.15) is 0 Å². The van der Waals surface area contributed by atoms with Crippen LogP contribution in [0.2, 0.25) is 0 Å². The summed E-state index contributed by atoms with van der Waals surface area (Å²) in [4.78, 5) is 24.6. The summed E-state index contributed by atoms with van der Waals surface area (Å²) in [5, 5.41) is 8.59. The highest BCUT2D eigenvalue weighted by molar-refractivity contribution is 9.12. The van der Waals surface area contributed by atoms with E-state index in [1.807, 2.05) is 43.5 Å². The van der Waals surface area contributed by atoms with E-state index in [0.29, 0.717) is 23.5 Å². The lowest BCUT2D eigenvalue weighted by molar-refractivity contribution is -0.111. The van der Waals surface area contributed by atoms with Gasteiger partial charge in [-0.15, -0.1) is 5.10 Å². The van der Waals surface area contributed by atoms with Gasteiger partial charge in [0, 0.05) is 16.7 Å². The van der Waals surface area contributed by atoms with Crippen LogP contribution in [0.3, 0.4) is 0 Å². The summed E-state index contributed by atoms with van der Waals surface area (Å²) in [5.41, 5.74) is 4.83. The Morgan fingerprint density at radius 3 is 2.68 bits per heavy atom. The monoisotopic (exact) mass is 435 g/mol. The Hall–Kier alpha value is -3.06. The first-order valence-electron chi connectivity index (χ1n) is 8.78. The maximum atomic E-state index is 12.4. The number of hydrogen-bond acceptors (Lipinski definition) is 5. The fraction of sp³-hybridized carbons (Fsp3) is 0.143. The van der Waals surface area contributed by atoms with Crippen LogP contribution in [-0.2, 0) is 9.53 Å². The minimum Gasteiger partial charge on any atom is -0.489 e. The van der Waals surface area contributed by atoms with Crippen molar-refractivity contribution in [3.63, 3.8) is 0 Å². The Labute approximate surface area is 168 Å². The molecule has 1 atom stereocenters. The van der Waals surface area contributed by atoms with Crippen molar-refractivity contribution >= 4 is 33.3 Å². The van der Waals surface area contributed by atoms with E-state index in [0.717, 1.165) is 16.8 Å². The van der Waals surface area contributed by atoms with E-state index in [2.05, 4.69) is 26.2 Å². The molecular formula is C21H14BrN3O3. The van der Waals surface area contributed by atoms with Crippen LogP contribution in [0, 0.1) is 6.92 Å². The van der Waals surface area contributed by atoms with Gasteiger partial charge in [0.2, 0.25) is 11.6 Å². The molecule has 6 nitrogen and oxygen atoms in total. The standard InChI is InChI=1S/C21H14BrN3O3/c1-11-5-7-12(8-6-11)15-9-25(24-23-15)16-10-28-21-17-13(16)3-2-4-14(17)19(26)20(27)18(21)22/h2-9,16H,10H2,1H3. The molecule has 3 aromatic rings. The number of halogens is 1. The highest BCUT2D eigenvalue weighted by Crippen LogP contribution is 2.42. The quantitative estimate of drug-likeness (QED) is 0.573. The molecule has 0 N–H and O–H groups in total. The topological polar surface area (TPSA) is 74.1 Å². The van der Waals surface area contributed by atoms with Crippen LogP contribution in [0.1, 0.15) is 33.1 Å². The minimum absolute atomic E-state index is 0.176. The number of aromatic nitrogens is 3. The number of hydrogen-bond donors (Lipinski definition) is 0. The number of rotatable bonds is 2. The maximum absolute atomic E-state index is 12.4. The first kappa shape index (κ1) is 17.1. The second-order valence-electron chi connectivity index (χ2n) is 6.85. The molecule has 0 radical (unpaired) electrons. The van der Waals surface area contributed by atoms with Gasteiger partial charge < -0.3 is 4.74 Å². The average Bonchev–Trinajstić information content (AvgIpc) is 3.20. The molecule has 0 fully saturated rings. The molecule has 2 heterocycles. The van der Waals surface area contributed by atoms with Crippen molar-refractivity contribution in [3.8, 4) is 11.3 Å². The zero-order valence-corrected chi connectivity index (χ0v) is 16.4. The first-order chi connectivity index (χ1) is 13.5. The minimum atomic E-state index is -0.583. The van der Waals surface area contributed by atoms with Gasteiger partial charge in [-0.1, -0.05) is 53.2 Å². The Balaban J connectivity index is 1.60. The van der Waals surface area contributed by atoms with E-state index >= 15 is 0 Å². The number of aryl methyl sites for hydroxylation is 1. The second-order valence-corrected chi connectivity index (χ2v) is 7.64. The molecule has 28 heavy (non-hydrogen) atoms. The van der Waals surface area contributed by atoms with Crippen LogP contribution in [0.15, 0.2) is 53.1 Å². The van der Waals surface area contributed by atoms with Crippen molar-refractivity contribution in [2.45, 2.75) is 13.0 Å². The van der Waals surface area contributed by atoms with Crippen LogP contribution in [-0.4, -0.2) is 33.2 Å². The largest absolute Gasteiger partial charge is 0.489 e. The van der Waals surface area contributed by atoms with Crippen molar-refractivity contribution in [2.75, 3.05) is 6.61 Å². The zero-order valence-electron chi connectivity index (χ0n) is 14.8. The molecule has 1 aliphatic heterocycles. The van der Waals surface area contributed by atoms with Gasteiger partial charge in [0.1, 0.15) is 28.6 Å². The van der Waals surface area contributed by atoms with Crippen LogP contribution in [0.5, 0.6) is 0 Å². The summed E-state index contributed by atoms with van der Waals surface area (Å²) in [7, 11) is 0. The lowest BCUT2D eigenvalue weighted by Gasteiger charge is -2.31. The molecule has 0 saturated heterocycles. The van der Waals surface area contributed by atoms with E-state index < -0.39 is 11.6 Å². The first-order valence-corrected chi connectivity index (χ1v) is 9.57. The van der Waals surface area contributed by atoms with Gasteiger partial charge >= 0.3 is 0 Å². The predicted octanol–water partition coefficient (Wildman–Crippen LogP) is 3.70. The molecular weight excluding hydrogens is 422 g/mol. The van der Waals surface area contributed by atoms with E-state index in [1.165, 1.54) is 5.56 Å². The van der Waals surface area contributed by atoms with Gasteiger partial charge in [-0.05, 0) is 28.4 Å². The maximum Gasteiger partial charge on any atom is 0.244 e. The third kappa shape index (κ3) is 2.46. The number of ketones is 2. The Morgan fingerprint density at radius 1 is 1.11 bits per heavy atom. The summed E-state index contributed by atoms with van der Waals surface area (Å²) in [5.74, 6) is -0.693. The number of Topliss-reactive ketones (excluding diaryl/α,β-unsaturated/α-hetero) is 2. The van der Waals surface area contributed by atoms with Crippen molar-refractivity contribution in [3.05, 3.63) is 75.4 Å². The summed E-state index contributed by atoms with van der Waals surface area (Å²) in [6.07, 6.45) is 1.87. The SMILES string of the molecule is Cc1ccc(-c2cn(C3COC4=C(Br)C(=O)C(=O)c5cccc3c54)nn2)cc1. The van der Waals surface area contributed by atoms with Crippen LogP contribution < -0.4 is 0 Å². The fourth-order valence-corrected chi connectivity index (χ4v) is 4.11. The van der Waals surface area contributed by atoms with E-state index in [4.69, 9.17) is 4.74 Å². The summed E-state index contributed by atoms with van der Waals surface area (Å²) in [6.45, 7) is 2.33. The molecule has 1 unspecified atom stereocenters. The number of ether oxygens (including phenoxy) is 1. The van der Waals surface area contributed by atoms with E-state index in [9.17, 15) is 9.59 Å². The lowest BCUT2D eigenvalue weighted by atomic mass is 9.86. The third-order valence-corrected chi connectivity index (χ3v) is 5.82. The Morgan fingerprint density at radius 2 is 1.89 bits per heavy atom. The lowest BCUT2D eigenvalue weighted by Crippen LogP contribution is -2.30. The van der Waals surface area contributed by atoms with Crippen molar-refractivity contribution in [2.24, 2.45) is 0 Å². The van der Waals surface area contributed by atoms with Crippen LogP contribution >= 0.6 is 15.9 Å². The zero-order chi connectivity index (χ0) is 19.4. The van der Waals surface area contributed by atoms with Gasteiger partial charge in [-0.3, -0.25) is 9.59 Å². The molecule has 0 saturated carbocycles. The average molecular weight is 436 g/mol. The predicted molar refractivity (Wildman–Crippen MR) is 106 cm³/mol. The van der Waals surface area contributed by atoms with Crippen molar-refractivity contribution in [1.82, 2.24) is 15.0 Å². The summed E-state index contributed by atoms with van der Waals surface area (Å²) in [6, 6.07) is 13.2. The Kier molecular flexibility index (Phi) is 3.80. The van der Waals surface area contributed by atoms with Gasteiger partial charge in [-0.25, -0.2) is 4.68 Å².